The Bertz CT molecular complexity index is 1660. The summed E-state index contributed by atoms with van der Waals surface area (Å²) in [5, 5.41) is 8.34. The second kappa shape index (κ2) is 14.5. The van der Waals surface area contributed by atoms with Gasteiger partial charge in [0, 0.05) is 74.4 Å². The van der Waals surface area contributed by atoms with Gasteiger partial charge < -0.3 is 20.3 Å². The number of hydroxylamine groups is 1. The molecule has 0 spiro atoms. The van der Waals surface area contributed by atoms with Gasteiger partial charge in [-0.05, 0) is 68.5 Å². The van der Waals surface area contributed by atoms with Crippen LogP contribution in [0, 0.1) is 5.82 Å². The minimum atomic E-state index is -0.407. The van der Waals surface area contributed by atoms with Gasteiger partial charge in [-0.1, -0.05) is 18.2 Å². The molecule has 3 saturated heterocycles. The first-order chi connectivity index (χ1) is 23.8. The number of anilines is 5. The fourth-order valence-electron chi connectivity index (χ4n) is 7.57. The van der Waals surface area contributed by atoms with Gasteiger partial charge in [0.2, 0.25) is 5.91 Å². The molecule has 1 amide bonds. The predicted octanol–water partition coefficient (Wildman–Crippen LogP) is 6.17. The van der Waals surface area contributed by atoms with Crippen LogP contribution in [0.15, 0.2) is 55.4 Å². The molecule has 13 heteroatoms. The van der Waals surface area contributed by atoms with Crippen molar-refractivity contribution in [2.24, 2.45) is 0 Å². The third-order valence-corrected chi connectivity index (χ3v) is 10.3. The summed E-state index contributed by atoms with van der Waals surface area (Å²) in [6.07, 6.45) is 8.16. The first-order valence-electron chi connectivity index (χ1n) is 17.2. The maximum atomic E-state index is 14.2. The highest BCUT2D eigenvalue weighted by atomic mass is 35.5. The number of carbonyl (C=O) groups is 1. The van der Waals surface area contributed by atoms with E-state index in [9.17, 15) is 9.18 Å². The van der Waals surface area contributed by atoms with E-state index < -0.39 is 5.82 Å². The molecular formula is C36H44ClFN8O3. The number of methoxy groups -OCH3 is 1. The van der Waals surface area contributed by atoms with E-state index in [4.69, 9.17) is 21.2 Å². The summed E-state index contributed by atoms with van der Waals surface area (Å²) >= 11 is 6.15. The smallest absolute Gasteiger partial charge is 0.247 e. The van der Waals surface area contributed by atoms with Gasteiger partial charge in [-0.3, -0.25) is 19.4 Å². The molecule has 11 nitrogen and oxygen atoms in total. The Balaban J connectivity index is 1.09. The Morgan fingerprint density at radius 1 is 1.02 bits per heavy atom. The van der Waals surface area contributed by atoms with Crippen LogP contribution < -0.4 is 25.3 Å². The first-order valence-corrected chi connectivity index (χ1v) is 17.5. The fraction of sp³-hybridized carbons (Fsp3) is 0.472. The zero-order chi connectivity index (χ0) is 34.1. The fourth-order valence-corrected chi connectivity index (χ4v) is 7.80. The van der Waals surface area contributed by atoms with Gasteiger partial charge in [0.15, 0.2) is 5.82 Å². The van der Waals surface area contributed by atoms with E-state index >= 15 is 0 Å². The van der Waals surface area contributed by atoms with Crippen LogP contribution in [0.3, 0.4) is 0 Å². The maximum Gasteiger partial charge on any atom is 0.247 e. The van der Waals surface area contributed by atoms with E-state index in [1.54, 1.807) is 24.3 Å². The topological polar surface area (TPSA) is 98.3 Å². The van der Waals surface area contributed by atoms with Crippen molar-refractivity contribution in [2.75, 3.05) is 67.0 Å². The monoisotopic (exact) mass is 690 g/mol. The molecule has 1 saturated carbocycles. The Hall–Kier alpha value is -3.97. The minimum absolute atomic E-state index is 0.273. The van der Waals surface area contributed by atoms with Crippen LogP contribution in [0.25, 0.3) is 0 Å². The van der Waals surface area contributed by atoms with Gasteiger partial charge in [-0.15, -0.1) is 0 Å². The Labute approximate surface area is 292 Å². The predicted molar refractivity (Wildman–Crippen MR) is 190 cm³/mol. The van der Waals surface area contributed by atoms with E-state index in [-0.39, 0.29) is 11.9 Å². The van der Waals surface area contributed by atoms with E-state index in [2.05, 4.69) is 48.8 Å². The number of benzene rings is 2. The number of nitrogens with zero attached hydrogens (tertiary/aromatic N) is 6. The normalized spacial score (nSPS) is 22.3. The van der Waals surface area contributed by atoms with Crippen LogP contribution in [0.2, 0.25) is 5.02 Å². The number of nitrogens with one attached hydrogen (secondary N) is 2. The zero-order valence-electron chi connectivity index (χ0n) is 28.1. The molecule has 3 aliphatic heterocycles. The minimum Gasteiger partial charge on any atom is -0.494 e. The quantitative estimate of drug-likeness (QED) is 0.241. The molecule has 49 heavy (non-hydrogen) atoms. The molecule has 4 aliphatic rings. The summed E-state index contributed by atoms with van der Waals surface area (Å²) < 4.78 is 20.1. The van der Waals surface area contributed by atoms with E-state index in [0.29, 0.717) is 64.5 Å². The van der Waals surface area contributed by atoms with Gasteiger partial charge in [0.05, 0.1) is 36.8 Å². The van der Waals surface area contributed by atoms with Gasteiger partial charge in [-0.25, -0.2) is 19.4 Å². The number of hydrogen-bond acceptors (Lipinski definition) is 10. The lowest BCUT2D eigenvalue weighted by Gasteiger charge is -2.47. The number of amides is 1. The van der Waals surface area contributed by atoms with Crippen molar-refractivity contribution in [3.63, 3.8) is 0 Å². The van der Waals surface area contributed by atoms with E-state index in [0.717, 1.165) is 50.7 Å². The summed E-state index contributed by atoms with van der Waals surface area (Å²) in [6.45, 7) is 11.7. The van der Waals surface area contributed by atoms with Crippen LogP contribution in [0.5, 0.6) is 5.75 Å². The number of piperazine rings is 1. The molecule has 2 atom stereocenters. The lowest BCUT2D eigenvalue weighted by molar-refractivity contribution is -0.111. The lowest BCUT2D eigenvalue weighted by atomic mass is 9.99. The highest BCUT2D eigenvalue weighted by Crippen LogP contribution is 2.41. The highest BCUT2D eigenvalue weighted by molar-refractivity contribution is 6.30. The third-order valence-electron chi connectivity index (χ3n) is 10.1. The average Bonchev–Trinajstić information content (AvgIpc) is 3.84. The van der Waals surface area contributed by atoms with E-state index in [1.807, 2.05) is 12.1 Å². The number of halogens is 2. The average molecular weight is 691 g/mol. The summed E-state index contributed by atoms with van der Waals surface area (Å²) in [7, 11) is 1.62. The van der Waals surface area contributed by atoms with Crippen LogP contribution >= 0.6 is 11.6 Å². The summed E-state index contributed by atoms with van der Waals surface area (Å²) in [5.74, 6) is 0.884. The molecule has 1 aliphatic carbocycles. The number of rotatable bonds is 10. The molecule has 4 heterocycles. The second-order valence-corrected chi connectivity index (χ2v) is 13.8. The Morgan fingerprint density at radius 3 is 2.55 bits per heavy atom. The molecule has 260 valence electrons. The molecular weight excluding hydrogens is 647 g/mol. The number of piperidine rings is 1. The van der Waals surface area contributed by atoms with Gasteiger partial charge >= 0.3 is 0 Å². The second-order valence-electron chi connectivity index (χ2n) is 13.3. The van der Waals surface area contributed by atoms with Gasteiger partial charge in [0.25, 0.3) is 0 Å². The largest absolute Gasteiger partial charge is 0.494 e. The van der Waals surface area contributed by atoms with Crippen molar-refractivity contribution in [1.82, 2.24) is 19.8 Å². The number of aromatic nitrogens is 2. The number of hydrogen-bond donors (Lipinski definition) is 2. The molecule has 1 aromatic heterocycles. The third kappa shape index (κ3) is 7.47. The summed E-state index contributed by atoms with van der Waals surface area (Å²) in [6, 6.07) is 11.7. The molecule has 7 rings (SSSR count). The van der Waals surface area contributed by atoms with Crippen molar-refractivity contribution < 1.29 is 18.8 Å². The standard InChI is InChI=1S/C36H44ClFN8O3/c1-4-36(47)42-29-18-30(41-34-20-35(40-22-39-34)46-31(9-14-49-46)24-15-25(37)17-26(38)16-24)33(48-3)19-32(29)43-10-7-28(8-11-43)45-13-12-44(21-23(45)2)27-5-6-27/h4,15-20,22-23,27-28,31H,1,5-14,21H2,2-3H3,(H,42,47)(H,39,40,41). The van der Waals surface area contributed by atoms with E-state index in [1.165, 1.54) is 43.9 Å². The molecule has 0 bridgehead atoms. The van der Waals surface area contributed by atoms with Gasteiger partial charge in [-0.2, -0.15) is 0 Å². The first kappa shape index (κ1) is 33.5. The van der Waals surface area contributed by atoms with Crippen molar-refractivity contribution in [1.29, 1.82) is 0 Å². The molecule has 4 fully saturated rings. The van der Waals surface area contributed by atoms with Crippen LogP contribution in [-0.2, 0) is 9.63 Å². The van der Waals surface area contributed by atoms with Crippen molar-refractivity contribution >= 4 is 46.2 Å². The molecule has 2 N–H and O–H groups in total. The lowest BCUT2D eigenvalue weighted by Crippen LogP contribution is -2.57. The van der Waals surface area contributed by atoms with Crippen molar-refractivity contribution in [2.45, 2.75) is 63.2 Å². The van der Waals surface area contributed by atoms with Crippen LogP contribution in [0.4, 0.5) is 33.1 Å². The summed E-state index contributed by atoms with van der Waals surface area (Å²) in [4.78, 5) is 35.1. The Kier molecular flexibility index (Phi) is 9.91. The molecule has 2 unspecified atom stereocenters. The number of ether oxygens (including phenoxy) is 1. The van der Waals surface area contributed by atoms with Crippen LogP contribution in [-0.4, -0.2) is 90.2 Å². The van der Waals surface area contributed by atoms with Crippen molar-refractivity contribution in [3.05, 3.63) is 71.8 Å². The van der Waals surface area contributed by atoms with Crippen molar-refractivity contribution in [3.8, 4) is 5.75 Å². The Morgan fingerprint density at radius 2 is 1.84 bits per heavy atom. The maximum absolute atomic E-state index is 14.2. The summed E-state index contributed by atoms with van der Waals surface area (Å²) in [5.41, 5.74) is 2.86. The highest BCUT2D eigenvalue weighted by Gasteiger charge is 2.37. The van der Waals surface area contributed by atoms with Crippen LogP contribution in [0.1, 0.15) is 50.6 Å². The molecule has 3 aromatic rings. The molecule has 2 aromatic carbocycles. The van der Waals surface area contributed by atoms with Gasteiger partial charge in [0.1, 0.15) is 23.7 Å². The molecule has 0 radical (unpaired) electrons. The SMILES string of the molecule is C=CC(=O)Nc1cc(Nc2cc(N3OCCC3c3cc(F)cc(Cl)c3)ncn2)c(OC)cc1N1CCC(N2CCN(C3CC3)CC2C)CC1. The number of carbonyl (C=O) groups excluding carboxylic acids is 1. The zero-order valence-corrected chi connectivity index (χ0v) is 28.8.